The van der Waals surface area contributed by atoms with Crippen LogP contribution < -0.4 is 5.73 Å². The quantitative estimate of drug-likeness (QED) is 0.872. The van der Waals surface area contributed by atoms with E-state index in [1.165, 1.54) is 19.3 Å². The van der Waals surface area contributed by atoms with E-state index in [0.717, 1.165) is 18.7 Å². The first kappa shape index (κ1) is 13.5. The van der Waals surface area contributed by atoms with Crippen molar-refractivity contribution < 1.29 is 9.26 Å². The summed E-state index contributed by atoms with van der Waals surface area (Å²) < 4.78 is 10.8. The topological polar surface area (TPSA) is 74.2 Å². The fourth-order valence-corrected chi connectivity index (χ4v) is 2.28. The maximum absolute atomic E-state index is 5.98. The lowest BCUT2D eigenvalue weighted by molar-refractivity contribution is 0.0665. The van der Waals surface area contributed by atoms with Crippen molar-refractivity contribution in [3.63, 3.8) is 0 Å². The Hall–Kier alpha value is -0.940. The van der Waals surface area contributed by atoms with Gasteiger partial charge >= 0.3 is 0 Å². The first-order valence-corrected chi connectivity index (χ1v) is 6.87. The molecule has 1 aromatic heterocycles. The van der Waals surface area contributed by atoms with Crippen molar-refractivity contribution in [3.8, 4) is 0 Å². The van der Waals surface area contributed by atoms with Crippen LogP contribution in [0.1, 0.15) is 69.6 Å². The lowest BCUT2D eigenvalue weighted by atomic mass is 9.89. The molecule has 0 saturated heterocycles. The van der Waals surface area contributed by atoms with Crippen LogP contribution in [0.25, 0.3) is 0 Å². The maximum atomic E-state index is 5.98. The molecule has 0 amide bonds. The molecule has 5 nitrogen and oxygen atoms in total. The van der Waals surface area contributed by atoms with Crippen LogP contribution in [0, 0.1) is 0 Å². The standard InChI is InChI=1S/C13H23N3O2/c1-9(2)17-8-11(14)12-15-13(18-16-12)10-6-4-3-5-7-10/h9-11H,3-8,14H2,1-2H3. The molecule has 0 aliphatic heterocycles. The third kappa shape index (κ3) is 3.53. The van der Waals surface area contributed by atoms with Crippen molar-refractivity contribution in [2.24, 2.45) is 5.73 Å². The molecule has 1 unspecified atom stereocenters. The molecule has 0 aromatic carbocycles. The second-order valence-electron chi connectivity index (χ2n) is 5.31. The van der Waals surface area contributed by atoms with Gasteiger partial charge in [0.25, 0.3) is 0 Å². The van der Waals surface area contributed by atoms with Gasteiger partial charge in [-0.15, -0.1) is 0 Å². The third-order valence-electron chi connectivity index (χ3n) is 3.35. The van der Waals surface area contributed by atoms with Crippen LogP contribution in [0.15, 0.2) is 4.52 Å². The SMILES string of the molecule is CC(C)OCC(N)c1noc(C2CCCCC2)n1. The normalized spacial score (nSPS) is 19.3. The summed E-state index contributed by atoms with van der Waals surface area (Å²) in [4.78, 5) is 4.43. The first-order chi connectivity index (χ1) is 8.66. The lowest BCUT2D eigenvalue weighted by Crippen LogP contribution is -2.21. The Kier molecular flexibility index (Phi) is 4.72. The van der Waals surface area contributed by atoms with E-state index in [0.29, 0.717) is 18.3 Å². The van der Waals surface area contributed by atoms with Gasteiger partial charge in [-0.2, -0.15) is 4.98 Å². The molecular weight excluding hydrogens is 230 g/mol. The fourth-order valence-electron chi connectivity index (χ4n) is 2.28. The lowest BCUT2D eigenvalue weighted by Gasteiger charge is -2.17. The molecule has 1 atom stereocenters. The van der Waals surface area contributed by atoms with E-state index in [9.17, 15) is 0 Å². The summed E-state index contributed by atoms with van der Waals surface area (Å²) in [6, 6.07) is -0.298. The Morgan fingerprint density at radius 3 is 2.72 bits per heavy atom. The van der Waals surface area contributed by atoms with Gasteiger partial charge in [-0.25, -0.2) is 0 Å². The molecule has 2 N–H and O–H groups in total. The third-order valence-corrected chi connectivity index (χ3v) is 3.35. The summed E-state index contributed by atoms with van der Waals surface area (Å²) in [6.45, 7) is 4.40. The zero-order valence-electron chi connectivity index (χ0n) is 11.3. The fraction of sp³-hybridized carbons (Fsp3) is 0.846. The highest BCUT2D eigenvalue weighted by atomic mass is 16.5. The largest absolute Gasteiger partial charge is 0.377 e. The van der Waals surface area contributed by atoms with Crippen LogP contribution in [0.3, 0.4) is 0 Å². The molecule has 1 aromatic rings. The van der Waals surface area contributed by atoms with Gasteiger partial charge in [0, 0.05) is 5.92 Å². The number of hydrogen-bond acceptors (Lipinski definition) is 5. The van der Waals surface area contributed by atoms with E-state index in [-0.39, 0.29) is 12.1 Å². The Morgan fingerprint density at radius 2 is 2.06 bits per heavy atom. The molecule has 18 heavy (non-hydrogen) atoms. The highest BCUT2D eigenvalue weighted by Gasteiger charge is 2.23. The predicted molar refractivity (Wildman–Crippen MR) is 68.1 cm³/mol. The van der Waals surface area contributed by atoms with Gasteiger partial charge in [0.1, 0.15) is 0 Å². The van der Waals surface area contributed by atoms with Crippen LogP contribution in [-0.2, 0) is 4.74 Å². The van der Waals surface area contributed by atoms with Crippen LogP contribution in [-0.4, -0.2) is 22.9 Å². The van der Waals surface area contributed by atoms with E-state index in [1.54, 1.807) is 0 Å². The minimum atomic E-state index is -0.298. The molecule has 5 heteroatoms. The molecule has 0 bridgehead atoms. The second-order valence-corrected chi connectivity index (χ2v) is 5.31. The average Bonchev–Trinajstić information content (AvgIpc) is 2.86. The van der Waals surface area contributed by atoms with Crippen molar-refractivity contribution in [1.82, 2.24) is 10.1 Å². The number of aromatic nitrogens is 2. The monoisotopic (exact) mass is 253 g/mol. The Morgan fingerprint density at radius 1 is 1.33 bits per heavy atom. The van der Waals surface area contributed by atoms with Crippen LogP contribution >= 0.6 is 0 Å². The van der Waals surface area contributed by atoms with Crippen molar-refractivity contribution in [1.29, 1.82) is 0 Å². The summed E-state index contributed by atoms with van der Waals surface area (Å²) in [5.41, 5.74) is 5.98. The molecule has 0 spiro atoms. The minimum Gasteiger partial charge on any atom is -0.377 e. The first-order valence-electron chi connectivity index (χ1n) is 6.87. The molecule has 1 saturated carbocycles. The summed E-state index contributed by atoms with van der Waals surface area (Å²) >= 11 is 0. The second kappa shape index (κ2) is 6.29. The zero-order chi connectivity index (χ0) is 13.0. The summed E-state index contributed by atoms with van der Waals surface area (Å²) in [7, 11) is 0. The van der Waals surface area contributed by atoms with E-state index in [2.05, 4.69) is 10.1 Å². The van der Waals surface area contributed by atoms with Crippen molar-refractivity contribution in [2.75, 3.05) is 6.61 Å². The molecule has 102 valence electrons. The number of rotatable bonds is 5. The van der Waals surface area contributed by atoms with Gasteiger partial charge in [0.15, 0.2) is 5.82 Å². The molecule has 1 aliphatic carbocycles. The van der Waals surface area contributed by atoms with Crippen molar-refractivity contribution >= 4 is 0 Å². The molecule has 1 aliphatic rings. The van der Waals surface area contributed by atoms with E-state index in [4.69, 9.17) is 15.0 Å². The van der Waals surface area contributed by atoms with Crippen LogP contribution in [0.2, 0.25) is 0 Å². The van der Waals surface area contributed by atoms with Gasteiger partial charge in [-0.1, -0.05) is 24.4 Å². The Balaban J connectivity index is 1.92. The number of nitrogens with zero attached hydrogens (tertiary/aromatic N) is 2. The zero-order valence-corrected chi connectivity index (χ0v) is 11.3. The highest BCUT2D eigenvalue weighted by Crippen LogP contribution is 2.31. The number of hydrogen-bond donors (Lipinski definition) is 1. The average molecular weight is 253 g/mol. The summed E-state index contributed by atoms with van der Waals surface area (Å²) in [5, 5.41) is 3.98. The maximum Gasteiger partial charge on any atom is 0.229 e. The van der Waals surface area contributed by atoms with Gasteiger partial charge in [0.2, 0.25) is 5.89 Å². The van der Waals surface area contributed by atoms with E-state index in [1.807, 2.05) is 13.8 Å². The molecular formula is C13H23N3O2. The van der Waals surface area contributed by atoms with Crippen LogP contribution in [0.4, 0.5) is 0 Å². The smallest absolute Gasteiger partial charge is 0.229 e. The number of ether oxygens (including phenoxy) is 1. The van der Waals surface area contributed by atoms with Crippen molar-refractivity contribution in [3.05, 3.63) is 11.7 Å². The van der Waals surface area contributed by atoms with E-state index < -0.39 is 0 Å². The predicted octanol–water partition coefficient (Wildman–Crippen LogP) is 2.54. The van der Waals surface area contributed by atoms with Gasteiger partial charge in [-0.05, 0) is 26.7 Å². The Bertz CT molecular complexity index is 359. The minimum absolute atomic E-state index is 0.167. The van der Waals surface area contributed by atoms with E-state index >= 15 is 0 Å². The van der Waals surface area contributed by atoms with Crippen molar-refractivity contribution in [2.45, 2.75) is 64.0 Å². The summed E-state index contributed by atoms with van der Waals surface area (Å²) in [5.74, 6) is 1.75. The van der Waals surface area contributed by atoms with Gasteiger partial charge < -0.3 is 15.0 Å². The van der Waals surface area contributed by atoms with Crippen LogP contribution in [0.5, 0.6) is 0 Å². The van der Waals surface area contributed by atoms with Gasteiger partial charge in [0.05, 0.1) is 18.8 Å². The molecule has 1 fully saturated rings. The highest BCUT2D eigenvalue weighted by molar-refractivity contribution is 4.98. The number of nitrogens with two attached hydrogens (primary N) is 1. The van der Waals surface area contributed by atoms with Gasteiger partial charge in [-0.3, -0.25) is 0 Å². The Labute approximate surface area is 108 Å². The molecule has 1 heterocycles. The molecule has 2 rings (SSSR count). The summed E-state index contributed by atoms with van der Waals surface area (Å²) in [6.07, 6.45) is 6.30. The molecule has 0 radical (unpaired) electrons.